The molecule has 1 aliphatic carbocycles. The number of carbonyl (C=O) groups is 2. The standard InChI is InChI=1S/C28H28Cl2F2N4O2S/c1-35(19-8-9-36(14-19)15-21-22(29)5-3-6-23(21)30)27(38)20-4-2-7-24-26(20)34-28(39-24)33-25(37)12-16-10-17(31)13-18(32)11-16/h3,5-6,10-11,13,19-20H,2,4,7-9,12,14-15H2,1H3,(H,33,34,37). The number of benzene rings is 2. The minimum absolute atomic E-state index is 0.0250. The molecule has 11 heteroatoms. The van der Waals surface area contributed by atoms with Crippen molar-refractivity contribution >= 4 is 51.5 Å². The Kier molecular flexibility index (Phi) is 8.52. The molecule has 1 aliphatic heterocycles. The highest BCUT2D eigenvalue weighted by molar-refractivity contribution is 7.15. The van der Waals surface area contributed by atoms with Gasteiger partial charge in [0.15, 0.2) is 5.13 Å². The molecule has 1 aromatic heterocycles. The van der Waals surface area contributed by atoms with Crippen LogP contribution in [0, 0.1) is 11.6 Å². The lowest BCUT2D eigenvalue weighted by Gasteiger charge is -2.30. The van der Waals surface area contributed by atoms with E-state index in [1.165, 1.54) is 11.3 Å². The summed E-state index contributed by atoms with van der Waals surface area (Å²) in [6.45, 7) is 2.19. The van der Waals surface area contributed by atoms with Gasteiger partial charge in [0.05, 0.1) is 18.0 Å². The molecule has 2 aliphatic rings. The van der Waals surface area contributed by atoms with Crippen LogP contribution in [-0.2, 0) is 29.0 Å². The van der Waals surface area contributed by atoms with Gasteiger partial charge in [-0.05, 0) is 55.5 Å². The van der Waals surface area contributed by atoms with E-state index in [1.54, 1.807) is 0 Å². The number of nitrogens with one attached hydrogen (secondary N) is 1. The highest BCUT2D eigenvalue weighted by Crippen LogP contribution is 2.38. The summed E-state index contributed by atoms with van der Waals surface area (Å²) < 4.78 is 27.0. The maximum absolute atomic E-state index is 13.6. The van der Waals surface area contributed by atoms with Gasteiger partial charge in [-0.1, -0.05) is 29.3 Å². The molecular formula is C28H28Cl2F2N4O2S. The first-order valence-electron chi connectivity index (χ1n) is 12.8. The third-order valence-corrected chi connectivity index (χ3v) is 9.13. The van der Waals surface area contributed by atoms with Crippen LogP contribution in [0.2, 0.25) is 10.0 Å². The zero-order valence-electron chi connectivity index (χ0n) is 21.4. The van der Waals surface area contributed by atoms with Gasteiger partial charge in [0, 0.05) is 59.3 Å². The number of nitrogens with zero attached hydrogens (tertiary/aromatic N) is 3. The van der Waals surface area contributed by atoms with E-state index in [1.807, 2.05) is 30.1 Å². The van der Waals surface area contributed by atoms with Crippen molar-refractivity contribution in [1.29, 1.82) is 0 Å². The average Bonchev–Trinajstić information content (AvgIpc) is 3.51. The fourth-order valence-electron chi connectivity index (χ4n) is 5.38. The van der Waals surface area contributed by atoms with E-state index in [-0.39, 0.29) is 29.9 Å². The number of anilines is 1. The predicted octanol–water partition coefficient (Wildman–Crippen LogP) is 6.06. The van der Waals surface area contributed by atoms with Gasteiger partial charge in [0.2, 0.25) is 11.8 Å². The third kappa shape index (κ3) is 6.43. The number of hydrogen-bond donors (Lipinski definition) is 1. The van der Waals surface area contributed by atoms with E-state index in [2.05, 4.69) is 15.2 Å². The molecule has 0 saturated carbocycles. The van der Waals surface area contributed by atoms with Crippen LogP contribution in [0.4, 0.5) is 13.9 Å². The van der Waals surface area contributed by atoms with Crippen molar-refractivity contribution in [3.05, 3.63) is 79.8 Å². The predicted molar refractivity (Wildman–Crippen MR) is 149 cm³/mol. The van der Waals surface area contributed by atoms with Gasteiger partial charge < -0.3 is 10.2 Å². The highest BCUT2D eigenvalue weighted by atomic mass is 35.5. The van der Waals surface area contributed by atoms with Gasteiger partial charge in [-0.2, -0.15) is 0 Å². The molecule has 2 amide bonds. The molecule has 206 valence electrons. The molecule has 0 radical (unpaired) electrons. The Hall–Kier alpha value is -2.59. The lowest BCUT2D eigenvalue weighted by molar-refractivity contribution is -0.133. The minimum Gasteiger partial charge on any atom is -0.341 e. The van der Waals surface area contributed by atoms with Crippen LogP contribution < -0.4 is 5.32 Å². The summed E-state index contributed by atoms with van der Waals surface area (Å²) in [4.78, 5) is 35.9. The normalized spacial score (nSPS) is 19.1. The second-order valence-corrected chi connectivity index (χ2v) is 12.0. The maximum atomic E-state index is 13.6. The molecule has 5 rings (SSSR count). The summed E-state index contributed by atoms with van der Waals surface area (Å²) in [5, 5.41) is 4.41. The second kappa shape index (κ2) is 11.9. The van der Waals surface area contributed by atoms with Crippen LogP contribution in [-0.4, -0.2) is 52.8 Å². The Bertz CT molecular complexity index is 1360. The van der Waals surface area contributed by atoms with Crippen LogP contribution >= 0.6 is 34.5 Å². The Morgan fingerprint density at radius 2 is 1.87 bits per heavy atom. The zero-order valence-corrected chi connectivity index (χ0v) is 23.7. The molecule has 1 saturated heterocycles. The molecule has 2 aromatic carbocycles. The van der Waals surface area contributed by atoms with Crippen molar-refractivity contribution < 1.29 is 18.4 Å². The van der Waals surface area contributed by atoms with Crippen LogP contribution in [0.5, 0.6) is 0 Å². The molecule has 2 unspecified atom stereocenters. The topological polar surface area (TPSA) is 65.5 Å². The van der Waals surface area contributed by atoms with E-state index in [0.717, 1.165) is 61.0 Å². The molecule has 3 aromatic rings. The molecule has 0 bridgehead atoms. The lowest BCUT2D eigenvalue weighted by Crippen LogP contribution is -2.42. The molecule has 2 atom stereocenters. The van der Waals surface area contributed by atoms with Crippen LogP contribution in [0.25, 0.3) is 0 Å². The van der Waals surface area contributed by atoms with E-state index in [0.29, 0.717) is 33.8 Å². The number of likely N-dealkylation sites (N-methyl/N-ethyl adjacent to an activating group) is 1. The summed E-state index contributed by atoms with van der Waals surface area (Å²) in [6.07, 6.45) is 3.02. The lowest BCUT2D eigenvalue weighted by atomic mass is 9.89. The van der Waals surface area contributed by atoms with Gasteiger partial charge in [-0.3, -0.25) is 14.5 Å². The van der Waals surface area contributed by atoms with E-state index in [9.17, 15) is 18.4 Å². The quantitative estimate of drug-likeness (QED) is 0.362. The van der Waals surface area contributed by atoms with Gasteiger partial charge in [0.1, 0.15) is 11.6 Å². The third-order valence-electron chi connectivity index (χ3n) is 7.37. The van der Waals surface area contributed by atoms with Crippen molar-refractivity contribution in [2.75, 3.05) is 25.5 Å². The number of aryl methyl sites for hydroxylation is 1. The number of rotatable bonds is 7. The zero-order chi connectivity index (χ0) is 27.7. The largest absolute Gasteiger partial charge is 0.341 e. The molecular weight excluding hydrogens is 565 g/mol. The maximum Gasteiger partial charge on any atom is 0.231 e. The number of carbonyl (C=O) groups excluding carboxylic acids is 2. The Morgan fingerprint density at radius 1 is 1.15 bits per heavy atom. The van der Waals surface area contributed by atoms with E-state index < -0.39 is 17.5 Å². The Balaban J connectivity index is 1.22. The number of likely N-dealkylation sites (tertiary alicyclic amines) is 1. The minimum atomic E-state index is -0.731. The monoisotopic (exact) mass is 592 g/mol. The van der Waals surface area contributed by atoms with Gasteiger partial charge in [-0.25, -0.2) is 13.8 Å². The first kappa shape index (κ1) is 28.0. The fraction of sp³-hybridized carbons (Fsp3) is 0.393. The second-order valence-electron chi connectivity index (χ2n) is 10.1. The summed E-state index contributed by atoms with van der Waals surface area (Å²) in [7, 11) is 1.85. The molecule has 1 N–H and O–H groups in total. The number of thiazole rings is 1. The van der Waals surface area contributed by atoms with Crippen LogP contribution in [0.1, 0.15) is 46.9 Å². The molecule has 2 heterocycles. The average molecular weight is 594 g/mol. The van der Waals surface area contributed by atoms with Crippen molar-refractivity contribution in [2.45, 2.75) is 50.6 Å². The smallest absolute Gasteiger partial charge is 0.231 e. The van der Waals surface area contributed by atoms with Gasteiger partial charge in [-0.15, -0.1) is 11.3 Å². The van der Waals surface area contributed by atoms with Crippen molar-refractivity contribution in [2.24, 2.45) is 0 Å². The fourth-order valence-corrected chi connectivity index (χ4v) is 6.98. The number of hydrogen-bond acceptors (Lipinski definition) is 5. The Morgan fingerprint density at radius 3 is 2.59 bits per heavy atom. The first-order chi connectivity index (χ1) is 18.7. The van der Waals surface area contributed by atoms with Crippen molar-refractivity contribution in [1.82, 2.24) is 14.8 Å². The molecule has 1 fully saturated rings. The summed E-state index contributed by atoms with van der Waals surface area (Å²) in [6, 6.07) is 8.58. The SMILES string of the molecule is CN(C(=O)C1CCCc2sc(NC(=O)Cc3cc(F)cc(F)c3)nc21)C1CCN(Cc2c(Cl)cccc2Cl)C1. The first-order valence-corrected chi connectivity index (χ1v) is 14.4. The number of aromatic nitrogens is 1. The number of fused-ring (bicyclic) bond motifs is 1. The van der Waals surface area contributed by atoms with Crippen LogP contribution in [0.15, 0.2) is 36.4 Å². The number of halogens is 4. The number of amides is 2. The summed E-state index contributed by atoms with van der Waals surface area (Å²) >= 11 is 14.1. The van der Waals surface area contributed by atoms with E-state index in [4.69, 9.17) is 23.2 Å². The Labute approximate surface area is 239 Å². The summed E-state index contributed by atoms with van der Waals surface area (Å²) in [5.41, 5.74) is 1.85. The van der Waals surface area contributed by atoms with Gasteiger partial charge in [0.25, 0.3) is 0 Å². The van der Waals surface area contributed by atoms with Crippen LogP contribution in [0.3, 0.4) is 0 Å². The molecule has 6 nitrogen and oxygen atoms in total. The van der Waals surface area contributed by atoms with Gasteiger partial charge >= 0.3 is 0 Å². The molecule has 39 heavy (non-hydrogen) atoms. The summed E-state index contributed by atoms with van der Waals surface area (Å²) in [5.74, 6) is -2.23. The van der Waals surface area contributed by atoms with Crippen molar-refractivity contribution in [3.63, 3.8) is 0 Å². The molecule has 0 spiro atoms. The van der Waals surface area contributed by atoms with Crippen molar-refractivity contribution in [3.8, 4) is 0 Å². The highest BCUT2D eigenvalue weighted by Gasteiger charge is 2.36. The van der Waals surface area contributed by atoms with E-state index >= 15 is 0 Å².